The third kappa shape index (κ3) is 4.45. The number of hydrogen-bond donors (Lipinski definition) is 1. The standard InChI is InChI=1S/C18H25FN2O3/c19-14-5-1-2-7-16(14)23-11-4-9-20-18(22)13-21-10-12-24-17-8-3-6-15(17)21/h1-2,5,7,15,17H,3-4,6,8-13H2,(H,20,22). The van der Waals surface area contributed by atoms with Gasteiger partial charge in [0.15, 0.2) is 11.6 Å². The molecule has 1 saturated heterocycles. The molecule has 0 radical (unpaired) electrons. The Kier molecular flexibility index (Phi) is 6.04. The molecule has 24 heavy (non-hydrogen) atoms. The molecule has 1 amide bonds. The van der Waals surface area contributed by atoms with Gasteiger partial charge < -0.3 is 14.8 Å². The highest BCUT2D eigenvalue weighted by atomic mass is 19.1. The molecule has 1 aliphatic heterocycles. The van der Waals surface area contributed by atoms with Crippen LogP contribution < -0.4 is 10.1 Å². The van der Waals surface area contributed by atoms with Crippen molar-refractivity contribution in [2.24, 2.45) is 0 Å². The number of para-hydroxylation sites is 1. The van der Waals surface area contributed by atoms with Gasteiger partial charge in [-0.15, -0.1) is 0 Å². The second-order valence-electron chi connectivity index (χ2n) is 6.36. The summed E-state index contributed by atoms with van der Waals surface area (Å²) in [6.45, 7) is 2.88. The number of benzene rings is 1. The summed E-state index contributed by atoms with van der Waals surface area (Å²) < 4.78 is 24.5. The molecular weight excluding hydrogens is 311 g/mol. The molecule has 0 aromatic heterocycles. The Balaban J connectivity index is 1.32. The van der Waals surface area contributed by atoms with Gasteiger partial charge in [0.25, 0.3) is 0 Å². The summed E-state index contributed by atoms with van der Waals surface area (Å²) in [7, 11) is 0. The van der Waals surface area contributed by atoms with Crippen LogP contribution in [0.2, 0.25) is 0 Å². The van der Waals surface area contributed by atoms with Gasteiger partial charge in [-0.1, -0.05) is 12.1 Å². The van der Waals surface area contributed by atoms with E-state index in [1.807, 2.05) is 0 Å². The maximum atomic E-state index is 13.4. The van der Waals surface area contributed by atoms with Crippen LogP contribution >= 0.6 is 0 Å². The molecule has 1 saturated carbocycles. The Labute approximate surface area is 142 Å². The van der Waals surface area contributed by atoms with Crippen LogP contribution in [-0.4, -0.2) is 55.8 Å². The highest BCUT2D eigenvalue weighted by molar-refractivity contribution is 5.78. The van der Waals surface area contributed by atoms with E-state index >= 15 is 0 Å². The van der Waals surface area contributed by atoms with Gasteiger partial charge in [-0.25, -0.2) is 4.39 Å². The molecule has 5 nitrogen and oxygen atoms in total. The smallest absolute Gasteiger partial charge is 0.234 e. The van der Waals surface area contributed by atoms with Crippen LogP contribution in [-0.2, 0) is 9.53 Å². The highest BCUT2D eigenvalue weighted by Crippen LogP contribution is 2.29. The van der Waals surface area contributed by atoms with Gasteiger partial charge in [0.1, 0.15) is 0 Å². The minimum Gasteiger partial charge on any atom is -0.490 e. The first kappa shape index (κ1) is 17.2. The Morgan fingerprint density at radius 1 is 1.38 bits per heavy atom. The lowest BCUT2D eigenvalue weighted by Crippen LogP contribution is -2.51. The number of nitrogens with zero attached hydrogens (tertiary/aromatic N) is 1. The van der Waals surface area contributed by atoms with Gasteiger partial charge in [0.2, 0.25) is 5.91 Å². The third-order valence-corrected chi connectivity index (χ3v) is 4.68. The van der Waals surface area contributed by atoms with Crippen LogP contribution in [0.1, 0.15) is 25.7 Å². The lowest BCUT2D eigenvalue weighted by atomic mass is 10.1. The Morgan fingerprint density at radius 3 is 3.12 bits per heavy atom. The average Bonchev–Trinajstić information content (AvgIpc) is 3.06. The number of halogens is 1. The number of amides is 1. The first-order chi connectivity index (χ1) is 11.7. The summed E-state index contributed by atoms with van der Waals surface area (Å²) in [5, 5.41) is 2.92. The van der Waals surface area contributed by atoms with Crippen LogP contribution in [0.25, 0.3) is 0 Å². The summed E-state index contributed by atoms with van der Waals surface area (Å²) in [5.74, 6) is -0.0715. The zero-order valence-corrected chi connectivity index (χ0v) is 13.9. The molecule has 1 aromatic carbocycles. The molecule has 1 heterocycles. The largest absolute Gasteiger partial charge is 0.490 e. The van der Waals surface area contributed by atoms with Crippen molar-refractivity contribution in [3.8, 4) is 5.75 Å². The summed E-state index contributed by atoms with van der Waals surface area (Å²) in [6.07, 6.45) is 4.36. The molecule has 6 heteroatoms. The van der Waals surface area contributed by atoms with E-state index in [9.17, 15) is 9.18 Å². The summed E-state index contributed by atoms with van der Waals surface area (Å²) in [5.41, 5.74) is 0. The molecule has 0 spiro atoms. The lowest BCUT2D eigenvalue weighted by molar-refractivity contribution is -0.126. The van der Waals surface area contributed by atoms with E-state index in [0.29, 0.717) is 44.9 Å². The molecule has 2 atom stereocenters. The molecule has 1 aromatic rings. The van der Waals surface area contributed by atoms with Crippen molar-refractivity contribution in [3.63, 3.8) is 0 Å². The number of ether oxygens (including phenoxy) is 2. The maximum absolute atomic E-state index is 13.4. The first-order valence-corrected chi connectivity index (χ1v) is 8.74. The molecule has 1 N–H and O–H groups in total. The van der Waals surface area contributed by atoms with E-state index < -0.39 is 0 Å². The predicted octanol–water partition coefficient (Wildman–Crippen LogP) is 1.96. The SMILES string of the molecule is O=C(CN1CCOC2CCCC21)NCCCOc1ccccc1F. The van der Waals surface area contributed by atoms with Crippen LogP contribution in [0.3, 0.4) is 0 Å². The van der Waals surface area contributed by atoms with E-state index in [1.54, 1.807) is 18.2 Å². The molecule has 1 aliphatic carbocycles. The van der Waals surface area contributed by atoms with Crippen molar-refractivity contribution < 1.29 is 18.7 Å². The lowest BCUT2D eigenvalue weighted by Gasteiger charge is -2.37. The maximum Gasteiger partial charge on any atom is 0.234 e. The summed E-state index contributed by atoms with van der Waals surface area (Å²) in [6, 6.07) is 6.73. The average molecular weight is 336 g/mol. The molecule has 132 valence electrons. The molecule has 2 fully saturated rings. The number of carbonyl (C=O) groups excluding carboxylic acids is 1. The predicted molar refractivity (Wildman–Crippen MR) is 88.5 cm³/mol. The van der Waals surface area contributed by atoms with E-state index in [1.165, 1.54) is 12.5 Å². The van der Waals surface area contributed by atoms with Crippen molar-refractivity contribution in [1.82, 2.24) is 10.2 Å². The van der Waals surface area contributed by atoms with Crippen LogP contribution in [0.4, 0.5) is 4.39 Å². The normalized spacial score (nSPS) is 23.7. The number of morpholine rings is 1. The Morgan fingerprint density at radius 2 is 2.25 bits per heavy atom. The second-order valence-corrected chi connectivity index (χ2v) is 6.36. The van der Waals surface area contributed by atoms with Gasteiger partial charge in [-0.3, -0.25) is 9.69 Å². The highest BCUT2D eigenvalue weighted by Gasteiger charge is 2.36. The second kappa shape index (κ2) is 8.44. The molecule has 2 aliphatic rings. The zero-order valence-electron chi connectivity index (χ0n) is 13.9. The zero-order chi connectivity index (χ0) is 16.8. The number of nitrogens with one attached hydrogen (secondary N) is 1. The first-order valence-electron chi connectivity index (χ1n) is 8.74. The van der Waals surface area contributed by atoms with Crippen molar-refractivity contribution >= 4 is 5.91 Å². The summed E-state index contributed by atoms with van der Waals surface area (Å²) >= 11 is 0. The van der Waals surface area contributed by atoms with Gasteiger partial charge in [-0.05, 0) is 37.8 Å². The van der Waals surface area contributed by atoms with Crippen LogP contribution in [0.15, 0.2) is 24.3 Å². The molecule has 2 unspecified atom stereocenters. The fraction of sp³-hybridized carbons (Fsp3) is 0.611. The Bertz CT molecular complexity index is 555. The Hall–Kier alpha value is -1.66. The van der Waals surface area contributed by atoms with Crippen molar-refractivity contribution in [3.05, 3.63) is 30.1 Å². The number of fused-ring (bicyclic) bond motifs is 1. The van der Waals surface area contributed by atoms with Crippen molar-refractivity contribution in [1.29, 1.82) is 0 Å². The van der Waals surface area contributed by atoms with E-state index in [-0.39, 0.29) is 17.5 Å². The fourth-order valence-electron chi connectivity index (χ4n) is 3.49. The van der Waals surface area contributed by atoms with Gasteiger partial charge >= 0.3 is 0 Å². The van der Waals surface area contributed by atoms with Crippen LogP contribution in [0.5, 0.6) is 5.75 Å². The third-order valence-electron chi connectivity index (χ3n) is 4.68. The van der Waals surface area contributed by atoms with E-state index in [2.05, 4.69) is 10.2 Å². The van der Waals surface area contributed by atoms with Crippen molar-refractivity contribution in [2.45, 2.75) is 37.8 Å². The van der Waals surface area contributed by atoms with Gasteiger partial charge in [0, 0.05) is 19.1 Å². The number of hydrogen-bond acceptors (Lipinski definition) is 4. The topological polar surface area (TPSA) is 50.8 Å². The molecule has 0 bridgehead atoms. The van der Waals surface area contributed by atoms with E-state index in [4.69, 9.17) is 9.47 Å². The molecular formula is C18H25FN2O3. The summed E-state index contributed by atoms with van der Waals surface area (Å²) in [4.78, 5) is 14.3. The fourth-order valence-corrected chi connectivity index (χ4v) is 3.49. The van der Waals surface area contributed by atoms with Gasteiger partial charge in [-0.2, -0.15) is 0 Å². The quantitative estimate of drug-likeness (QED) is 0.774. The van der Waals surface area contributed by atoms with Gasteiger partial charge in [0.05, 0.1) is 25.9 Å². The minimum atomic E-state index is -0.361. The monoisotopic (exact) mass is 336 g/mol. The minimum absolute atomic E-state index is 0.0356. The number of rotatable bonds is 7. The van der Waals surface area contributed by atoms with Crippen molar-refractivity contribution in [2.75, 3.05) is 32.8 Å². The molecule has 3 rings (SSSR count). The number of carbonyl (C=O) groups is 1. The van der Waals surface area contributed by atoms with Crippen LogP contribution in [0, 0.1) is 5.82 Å². The van der Waals surface area contributed by atoms with E-state index in [0.717, 1.165) is 19.4 Å².